The number of hydrogen-bond acceptors (Lipinski definition) is 10. The molecule has 5 aliphatic carbocycles. The van der Waals surface area contributed by atoms with Crippen LogP contribution in [0, 0.1) is 22.7 Å². The van der Waals surface area contributed by atoms with Crippen LogP contribution in [0.2, 0.25) is 0 Å². The first-order valence-corrected chi connectivity index (χ1v) is 16.9. The number of carbonyl (C=O) groups is 1. The maximum atomic E-state index is 12.5. The van der Waals surface area contributed by atoms with Gasteiger partial charge in [0.05, 0.1) is 9.71 Å². The van der Waals surface area contributed by atoms with Crippen LogP contribution in [0.15, 0.2) is 12.1 Å². The van der Waals surface area contributed by atoms with Crippen LogP contribution >= 0.6 is 0 Å². The highest BCUT2D eigenvalue weighted by Gasteiger charge is 2.82. The van der Waals surface area contributed by atoms with Crippen LogP contribution in [-0.2, 0) is 26.1 Å². The van der Waals surface area contributed by atoms with Crippen molar-refractivity contribution in [2.24, 2.45) is 22.7 Å². The number of aliphatic hydroxyl groups excluding tert-OH is 3. The summed E-state index contributed by atoms with van der Waals surface area (Å²) in [6, 6.07) is 3.78. The third-order valence-corrected chi connectivity index (χ3v) is 13.7. The third kappa shape index (κ3) is 3.76. The number of fused-ring (bicyclic) bond motifs is 2. The molecule has 0 aromatic heterocycles. The number of hydrogen-bond donors (Lipinski definition) is 5. The van der Waals surface area contributed by atoms with E-state index < -0.39 is 77.8 Å². The SMILES string of the molecule is [2H]C([2H])([2H])O[C@]12CC[C@@]3(C[C@@H]1C(C)(O)C(C)(C)C)[C@H]1Cc4ccc(O[C@@H]5O[C@H](C(=O)O)[C@@H](O)C(O)[C@H]5O)c5c4[C@@]3(CCN1CC1CC1)[C@H]2O5. The summed E-state index contributed by atoms with van der Waals surface area (Å²) in [4.78, 5) is 14.5. The molecule has 8 aliphatic rings. The molecule has 5 N–H and O–H groups in total. The first kappa shape index (κ1) is 27.9. The summed E-state index contributed by atoms with van der Waals surface area (Å²) in [5.74, 6) is -0.937. The van der Waals surface area contributed by atoms with Crippen LogP contribution in [0.5, 0.6) is 11.5 Å². The number of aliphatic carboxylic acids is 1. The van der Waals surface area contributed by atoms with Gasteiger partial charge in [-0.2, -0.15) is 0 Å². The Morgan fingerprint density at radius 2 is 1.87 bits per heavy atom. The molecule has 4 saturated carbocycles. The number of methoxy groups -OCH3 is 1. The second-order valence-electron chi connectivity index (χ2n) is 16.5. The van der Waals surface area contributed by atoms with Gasteiger partial charge in [0, 0.05) is 41.9 Å². The van der Waals surface area contributed by atoms with Gasteiger partial charge in [-0.1, -0.05) is 26.8 Å². The maximum absolute atomic E-state index is 12.5. The molecule has 254 valence electrons. The molecule has 1 aromatic carbocycles. The van der Waals surface area contributed by atoms with E-state index in [1.807, 2.05) is 26.8 Å². The zero-order valence-corrected chi connectivity index (χ0v) is 26.9. The van der Waals surface area contributed by atoms with Crippen molar-refractivity contribution in [1.29, 1.82) is 0 Å². The summed E-state index contributed by atoms with van der Waals surface area (Å²) < 4.78 is 50.3. The molecule has 3 heterocycles. The zero-order valence-electron chi connectivity index (χ0n) is 29.9. The van der Waals surface area contributed by atoms with Crippen LogP contribution in [-0.4, -0.2) is 111 Å². The van der Waals surface area contributed by atoms with Crippen molar-refractivity contribution in [2.75, 3.05) is 20.1 Å². The van der Waals surface area contributed by atoms with Crippen molar-refractivity contribution in [3.05, 3.63) is 23.3 Å². The predicted molar refractivity (Wildman–Crippen MR) is 163 cm³/mol. The molecule has 6 fully saturated rings. The molecule has 2 spiro atoms. The average Bonchev–Trinajstić information content (AvgIpc) is 3.74. The lowest BCUT2D eigenvalue weighted by Gasteiger charge is -2.75. The standard InChI is InChI=1S/C35H49NO10/c1-31(2,3)32(4,42)20-15-33-10-11-35(20,43-5)30-34(33)12-13-36(16-17-6-7-17)21(33)14-18-8-9-19(26(46-30)22(18)34)44-29-25(39)23(37)24(38)27(45-29)28(40)41/h8-9,17,20-21,23-25,27,29-30,37-39,42H,6-7,10-16H2,1-5H3,(H,40,41)/t20-,21-,23?,24+,25-,27+,29-,30-,32?,33-,34+,35-/m1/s1/i5D3. The Hall–Kier alpha value is -1.99. The van der Waals surface area contributed by atoms with Gasteiger partial charge in [-0.15, -0.1) is 0 Å². The van der Waals surface area contributed by atoms with E-state index in [-0.39, 0.29) is 17.2 Å². The third-order valence-electron chi connectivity index (χ3n) is 13.7. The number of aliphatic hydroxyl groups is 4. The van der Waals surface area contributed by atoms with E-state index in [2.05, 4.69) is 4.90 Å². The Labute approximate surface area is 274 Å². The van der Waals surface area contributed by atoms with Gasteiger partial charge in [-0.05, 0) is 81.4 Å². The van der Waals surface area contributed by atoms with Crippen LogP contribution < -0.4 is 9.47 Å². The van der Waals surface area contributed by atoms with E-state index in [0.717, 1.165) is 30.6 Å². The lowest BCUT2D eigenvalue weighted by molar-refractivity contribution is -0.312. The lowest BCUT2D eigenvalue weighted by Crippen LogP contribution is -2.83. The summed E-state index contributed by atoms with van der Waals surface area (Å²) in [5.41, 5.74) is -2.44. The first-order valence-electron chi connectivity index (χ1n) is 18.4. The number of carboxylic acid groups (broad SMARTS) is 1. The minimum atomic E-state index is -2.79. The number of piperidine rings is 1. The molecule has 3 aliphatic heterocycles. The quantitative estimate of drug-likeness (QED) is 0.295. The van der Waals surface area contributed by atoms with Crippen molar-refractivity contribution in [1.82, 2.24) is 4.90 Å². The fourth-order valence-electron chi connectivity index (χ4n) is 10.8. The number of ether oxygens (including phenoxy) is 4. The van der Waals surface area contributed by atoms with E-state index in [9.17, 15) is 30.3 Å². The van der Waals surface area contributed by atoms with E-state index in [4.69, 9.17) is 23.1 Å². The van der Waals surface area contributed by atoms with Crippen molar-refractivity contribution >= 4 is 5.97 Å². The normalized spacial score (nSPS) is 46.7. The highest BCUT2D eigenvalue weighted by Crippen LogP contribution is 2.78. The van der Waals surface area contributed by atoms with Crippen LogP contribution in [0.3, 0.4) is 0 Å². The molecule has 11 heteroatoms. The van der Waals surface area contributed by atoms with Gasteiger partial charge in [-0.25, -0.2) is 4.79 Å². The Morgan fingerprint density at radius 3 is 2.54 bits per heavy atom. The van der Waals surface area contributed by atoms with E-state index in [1.165, 1.54) is 12.8 Å². The number of likely N-dealkylation sites (tertiary alicyclic amines) is 1. The first-order chi connectivity index (χ1) is 22.8. The smallest absolute Gasteiger partial charge is 0.335 e. The van der Waals surface area contributed by atoms with Gasteiger partial charge in [0.2, 0.25) is 6.29 Å². The molecule has 46 heavy (non-hydrogen) atoms. The molecule has 0 amide bonds. The average molecular weight is 647 g/mol. The van der Waals surface area contributed by atoms with E-state index in [0.29, 0.717) is 37.4 Å². The molecule has 12 atom stereocenters. The van der Waals surface area contributed by atoms with Gasteiger partial charge in [0.25, 0.3) is 0 Å². The van der Waals surface area contributed by atoms with Gasteiger partial charge in [0.15, 0.2) is 17.6 Å². The highest BCUT2D eigenvalue weighted by molar-refractivity contribution is 5.73. The molecule has 9 rings (SSSR count). The fourth-order valence-corrected chi connectivity index (χ4v) is 10.8. The monoisotopic (exact) mass is 646 g/mol. The number of carboxylic acids is 1. The van der Waals surface area contributed by atoms with Gasteiger partial charge in [0.1, 0.15) is 30.0 Å². The second kappa shape index (κ2) is 9.80. The largest absolute Gasteiger partial charge is 0.482 e. The zero-order chi connectivity index (χ0) is 35.3. The van der Waals surface area contributed by atoms with Crippen molar-refractivity contribution in [2.45, 2.75) is 132 Å². The molecule has 11 nitrogen and oxygen atoms in total. The highest BCUT2D eigenvalue weighted by atomic mass is 16.7. The minimum absolute atomic E-state index is 0.138. The lowest BCUT2D eigenvalue weighted by atomic mass is 9.33. The second-order valence-corrected chi connectivity index (χ2v) is 16.5. The van der Waals surface area contributed by atoms with E-state index in [1.54, 1.807) is 13.0 Å². The van der Waals surface area contributed by atoms with Gasteiger partial charge >= 0.3 is 5.97 Å². The molecule has 0 radical (unpaired) electrons. The van der Waals surface area contributed by atoms with Gasteiger partial charge in [-0.3, -0.25) is 4.90 Å². The summed E-state index contributed by atoms with van der Waals surface area (Å²) in [7, 11) is -2.79. The van der Waals surface area contributed by atoms with Crippen LogP contribution in [0.1, 0.15) is 81.5 Å². The van der Waals surface area contributed by atoms with E-state index >= 15 is 0 Å². The maximum Gasteiger partial charge on any atom is 0.335 e. The molecule has 2 unspecified atom stereocenters. The molecular formula is C35H49NO10. The summed E-state index contributed by atoms with van der Waals surface area (Å²) in [6.45, 7) is 9.50. The van der Waals surface area contributed by atoms with Crippen LogP contribution in [0.4, 0.5) is 0 Å². The van der Waals surface area contributed by atoms with Gasteiger partial charge < -0.3 is 44.5 Å². The topological polar surface area (TPSA) is 158 Å². The fraction of sp³-hybridized carbons (Fsp3) is 0.800. The van der Waals surface area contributed by atoms with Crippen molar-refractivity contribution in [3.8, 4) is 11.5 Å². The summed E-state index contributed by atoms with van der Waals surface area (Å²) in [6.07, 6.45) is -4.28. The molecular weight excluding hydrogens is 594 g/mol. The Morgan fingerprint density at radius 1 is 1.11 bits per heavy atom. The van der Waals surface area contributed by atoms with Crippen molar-refractivity contribution < 1.29 is 53.4 Å². The van der Waals surface area contributed by atoms with Crippen LogP contribution in [0.25, 0.3) is 0 Å². The number of benzene rings is 1. The minimum Gasteiger partial charge on any atom is -0.482 e. The number of rotatable bonds is 7. The predicted octanol–water partition coefficient (Wildman–Crippen LogP) is 1.98. The Bertz CT molecular complexity index is 1540. The Kier molecular flexibility index (Phi) is 5.95. The van der Waals surface area contributed by atoms with Crippen molar-refractivity contribution in [3.63, 3.8) is 0 Å². The number of nitrogens with zero attached hydrogens (tertiary/aromatic N) is 1. The molecule has 4 bridgehead atoms. The molecule has 1 aromatic rings. The Balaban J connectivity index is 1.30. The molecule has 2 saturated heterocycles. The summed E-state index contributed by atoms with van der Waals surface area (Å²) in [5, 5.41) is 53.8. The summed E-state index contributed by atoms with van der Waals surface area (Å²) >= 11 is 0.